The van der Waals surface area contributed by atoms with Crippen molar-refractivity contribution in [1.29, 1.82) is 0 Å². The van der Waals surface area contributed by atoms with Crippen LogP contribution in [0.1, 0.15) is 6.42 Å². The number of aliphatic hydroxyl groups is 2. The number of hydrogen-bond acceptors (Lipinski definition) is 3. The minimum Gasteiger partial charge on any atom is -0.390 e. The predicted molar refractivity (Wildman–Crippen MR) is 36.5 cm³/mol. The van der Waals surface area contributed by atoms with E-state index in [1.54, 1.807) is 0 Å². The van der Waals surface area contributed by atoms with Gasteiger partial charge in [0.15, 0.2) is 0 Å². The molecular formula is C6H9N3O2. The molecule has 2 aliphatic rings. The van der Waals surface area contributed by atoms with Crippen molar-refractivity contribution in [1.82, 2.24) is 0 Å². The average Bonchev–Trinajstić information content (AvgIpc) is 2.72. The molecule has 0 aliphatic heterocycles. The van der Waals surface area contributed by atoms with Crippen LogP contribution in [0.15, 0.2) is 5.11 Å². The summed E-state index contributed by atoms with van der Waals surface area (Å²) in [6.45, 7) is 0. The van der Waals surface area contributed by atoms with Gasteiger partial charge in [0.25, 0.3) is 0 Å². The summed E-state index contributed by atoms with van der Waals surface area (Å²) in [4.78, 5) is 2.63. The van der Waals surface area contributed by atoms with Gasteiger partial charge in [-0.2, -0.15) is 0 Å². The molecule has 60 valence electrons. The third-order valence-electron chi connectivity index (χ3n) is 2.65. The van der Waals surface area contributed by atoms with Gasteiger partial charge < -0.3 is 10.2 Å². The Morgan fingerprint density at radius 3 is 2.45 bits per heavy atom. The van der Waals surface area contributed by atoms with E-state index in [2.05, 4.69) is 10.0 Å². The lowest BCUT2D eigenvalue weighted by Crippen LogP contribution is -2.31. The minimum absolute atomic E-state index is 0.181. The third kappa shape index (κ3) is 0.822. The molecule has 0 heterocycles. The molecule has 0 amide bonds. The largest absolute Gasteiger partial charge is 0.390 e. The van der Waals surface area contributed by atoms with Crippen LogP contribution in [0.2, 0.25) is 0 Å². The van der Waals surface area contributed by atoms with Gasteiger partial charge >= 0.3 is 0 Å². The lowest BCUT2D eigenvalue weighted by atomic mass is 10.1. The smallest absolute Gasteiger partial charge is 0.0889 e. The summed E-state index contributed by atoms with van der Waals surface area (Å²) in [5.74, 6) is 0.413. The molecule has 5 nitrogen and oxygen atoms in total. The van der Waals surface area contributed by atoms with Crippen LogP contribution in [0.5, 0.6) is 0 Å². The maximum Gasteiger partial charge on any atom is 0.0889 e. The zero-order valence-corrected chi connectivity index (χ0v) is 5.83. The van der Waals surface area contributed by atoms with E-state index >= 15 is 0 Å². The van der Waals surface area contributed by atoms with E-state index in [-0.39, 0.29) is 17.9 Å². The van der Waals surface area contributed by atoms with Crippen LogP contribution in [-0.2, 0) is 0 Å². The number of fused-ring (bicyclic) bond motifs is 1. The molecule has 0 bridgehead atoms. The first kappa shape index (κ1) is 6.91. The normalized spacial score (nSPS) is 53.1. The van der Waals surface area contributed by atoms with Crippen molar-refractivity contribution in [3.63, 3.8) is 0 Å². The number of aliphatic hydroxyl groups excluding tert-OH is 2. The molecule has 0 aromatic rings. The highest BCUT2D eigenvalue weighted by atomic mass is 16.3. The first-order valence-electron chi connectivity index (χ1n) is 3.66. The highest BCUT2D eigenvalue weighted by Crippen LogP contribution is 2.53. The van der Waals surface area contributed by atoms with Gasteiger partial charge in [-0.3, -0.25) is 0 Å². The summed E-state index contributed by atoms with van der Waals surface area (Å²) in [5.41, 5.74) is 8.13. The molecule has 0 saturated heterocycles. The Kier molecular flexibility index (Phi) is 1.32. The summed E-state index contributed by atoms with van der Waals surface area (Å²) in [7, 11) is 0. The van der Waals surface area contributed by atoms with E-state index in [0.717, 1.165) is 6.42 Å². The highest BCUT2D eigenvalue weighted by molar-refractivity contribution is 5.11. The zero-order valence-electron chi connectivity index (χ0n) is 5.83. The van der Waals surface area contributed by atoms with E-state index in [1.165, 1.54) is 0 Å². The van der Waals surface area contributed by atoms with Crippen LogP contribution in [0, 0.1) is 11.8 Å². The van der Waals surface area contributed by atoms with Gasteiger partial charge in [-0.15, -0.1) is 0 Å². The molecule has 0 aromatic heterocycles. The number of rotatable bonds is 1. The van der Waals surface area contributed by atoms with Gasteiger partial charge in [0.1, 0.15) is 0 Å². The SMILES string of the molecule is [N-]=[N+]=N[C@H]1[C@@H](O)[C@@H](O)[C@@H]2C[C@@H]21. The zero-order chi connectivity index (χ0) is 8.01. The first-order valence-corrected chi connectivity index (χ1v) is 3.66. The molecular weight excluding hydrogens is 146 g/mol. The number of azide groups is 1. The third-order valence-corrected chi connectivity index (χ3v) is 2.65. The van der Waals surface area contributed by atoms with Gasteiger partial charge in [-0.25, -0.2) is 0 Å². The second-order valence-electron chi connectivity index (χ2n) is 3.24. The summed E-state index contributed by atoms with van der Waals surface area (Å²) in [6.07, 6.45) is -0.618. The fourth-order valence-corrected chi connectivity index (χ4v) is 1.94. The van der Waals surface area contributed by atoms with Crippen molar-refractivity contribution >= 4 is 0 Å². The molecule has 0 unspecified atom stereocenters. The van der Waals surface area contributed by atoms with Crippen LogP contribution in [-0.4, -0.2) is 28.5 Å². The van der Waals surface area contributed by atoms with E-state index in [0.29, 0.717) is 0 Å². The van der Waals surface area contributed by atoms with Crippen LogP contribution in [0.25, 0.3) is 10.4 Å². The molecule has 0 radical (unpaired) electrons. The van der Waals surface area contributed by atoms with Crippen molar-refractivity contribution in [2.24, 2.45) is 17.0 Å². The fraction of sp³-hybridized carbons (Fsp3) is 1.00. The summed E-state index contributed by atoms with van der Waals surface area (Å²) < 4.78 is 0. The summed E-state index contributed by atoms with van der Waals surface area (Å²) >= 11 is 0. The molecule has 2 aliphatic carbocycles. The van der Waals surface area contributed by atoms with Crippen LogP contribution in [0.4, 0.5) is 0 Å². The van der Waals surface area contributed by atoms with Crippen molar-refractivity contribution < 1.29 is 10.2 Å². The molecule has 5 heteroatoms. The van der Waals surface area contributed by atoms with Crippen LogP contribution in [0.3, 0.4) is 0 Å². The van der Waals surface area contributed by atoms with Gasteiger partial charge in [0.2, 0.25) is 0 Å². The molecule has 11 heavy (non-hydrogen) atoms. The monoisotopic (exact) mass is 155 g/mol. The van der Waals surface area contributed by atoms with Gasteiger partial charge in [0.05, 0.1) is 18.2 Å². The maximum atomic E-state index is 9.27. The fourth-order valence-electron chi connectivity index (χ4n) is 1.94. The standard InChI is InChI=1S/C6H9N3O2/c7-9-8-4-2-1-3(2)5(10)6(4)11/h2-6,10-11H,1H2/t2-,3+,4+,5-,6+/m0/s1. The van der Waals surface area contributed by atoms with E-state index in [4.69, 9.17) is 5.53 Å². The summed E-state index contributed by atoms with van der Waals surface area (Å²) in [5, 5.41) is 22.0. The Hall–Kier alpha value is -0.770. The second-order valence-corrected chi connectivity index (χ2v) is 3.24. The van der Waals surface area contributed by atoms with Crippen molar-refractivity contribution in [2.45, 2.75) is 24.7 Å². The Labute approximate surface area is 63.3 Å². The molecule has 2 N–H and O–H groups in total. The maximum absolute atomic E-state index is 9.27. The van der Waals surface area contributed by atoms with Crippen molar-refractivity contribution in [3.05, 3.63) is 10.4 Å². The molecule has 2 fully saturated rings. The first-order chi connectivity index (χ1) is 5.25. The van der Waals surface area contributed by atoms with E-state index in [9.17, 15) is 10.2 Å². The molecule has 0 aromatic carbocycles. The Morgan fingerprint density at radius 1 is 1.27 bits per heavy atom. The number of hydrogen-bond donors (Lipinski definition) is 2. The Balaban J connectivity index is 2.16. The van der Waals surface area contributed by atoms with Crippen molar-refractivity contribution in [2.75, 3.05) is 0 Å². The topological polar surface area (TPSA) is 89.2 Å². The molecule has 2 rings (SSSR count). The van der Waals surface area contributed by atoms with Crippen molar-refractivity contribution in [3.8, 4) is 0 Å². The van der Waals surface area contributed by atoms with Gasteiger partial charge in [-0.1, -0.05) is 5.11 Å². The average molecular weight is 155 g/mol. The molecule has 2 saturated carbocycles. The second kappa shape index (κ2) is 2.11. The summed E-state index contributed by atoms with van der Waals surface area (Å²) in [6, 6.07) is -0.389. The van der Waals surface area contributed by atoms with E-state index in [1.807, 2.05) is 0 Å². The lowest BCUT2D eigenvalue weighted by Gasteiger charge is -2.15. The quantitative estimate of drug-likeness (QED) is 0.318. The molecule has 5 atom stereocenters. The lowest BCUT2D eigenvalue weighted by molar-refractivity contribution is 0.0172. The molecule has 0 spiro atoms. The predicted octanol–water partition coefficient (Wildman–Crippen LogP) is 0.0368. The van der Waals surface area contributed by atoms with Gasteiger partial charge in [-0.05, 0) is 23.8 Å². The Bertz CT molecular complexity index is 226. The van der Waals surface area contributed by atoms with Gasteiger partial charge in [0, 0.05) is 4.91 Å². The van der Waals surface area contributed by atoms with Crippen LogP contribution < -0.4 is 0 Å². The number of nitrogens with zero attached hydrogens (tertiary/aromatic N) is 3. The minimum atomic E-state index is -0.838. The van der Waals surface area contributed by atoms with E-state index < -0.39 is 12.2 Å². The van der Waals surface area contributed by atoms with Crippen LogP contribution >= 0.6 is 0 Å². The highest BCUT2D eigenvalue weighted by Gasteiger charge is 2.58. The Morgan fingerprint density at radius 2 is 2.00 bits per heavy atom.